The van der Waals surface area contributed by atoms with Crippen LogP contribution in [0, 0.1) is 5.92 Å². The standard InChI is InChI=1S/C14H24N4O/c1-4-10-5-7-11(8-6-10)18-14-12(19-3)13(15-2)16-9-17-14/h9-11H,4-8H2,1-3H3,(H2,15,16,17,18). The normalized spacial score (nSPS) is 22.9. The lowest BCUT2D eigenvalue weighted by molar-refractivity contribution is 0.329. The van der Waals surface area contributed by atoms with Gasteiger partial charge in [-0.1, -0.05) is 13.3 Å². The highest BCUT2D eigenvalue weighted by Crippen LogP contribution is 2.32. The van der Waals surface area contributed by atoms with Crippen LogP contribution in [0.1, 0.15) is 39.0 Å². The highest BCUT2D eigenvalue weighted by molar-refractivity contribution is 5.63. The molecule has 0 aromatic carbocycles. The van der Waals surface area contributed by atoms with Crippen molar-refractivity contribution in [1.29, 1.82) is 0 Å². The molecule has 2 N–H and O–H groups in total. The first-order chi connectivity index (χ1) is 9.28. The highest BCUT2D eigenvalue weighted by Gasteiger charge is 2.21. The monoisotopic (exact) mass is 264 g/mol. The molecule has 0 radical (unpaired) electrons. The number of methoxy groups -OCH3 is 1. The van der Waals surface area contributed by atoms with Crippen molar-refractivity contribution < 1.29 is 4.74 Å². The summed E-state index contributed by atoms with van der Waals surface area (Å²) in [4.78, 5) is 8.46. The molecule has 0 bridgehead atoms. The molecule has 0 aliphatic heterocycles. The molecule has 1 saturated carbocycles. The largest absolute Gasteiger partial charge is 0.490 e. The highest BCUT2D eigenvalue weighted by atomic mass is 16.5. The second-order valence-electron chi connectivity index (χ2n) is 5.12. The van der Waals surface area contributed by atoms with Gasteiger partial charge < -0.3 is 15.4 Å². The number of anilines is 2. The Balaban J connectivity index is 2.03. The Morgan fingerprint density at radius 1 is 1.21 bits per heavy atom. The Hall–Kier alpha value is -1.52. The van der Waals surface area contributed by atoms with Gasteiger partial charge in [-0.2, -0.15) is 0 Å². The predicted octanol–water partition coefficient (Wildman–Crippen LogP) is 2.91. The summed E-state index contributed by atoms with van der Waals surface area (Å²) < 4.78 is 5.40. The first kappa shape index (κ1) is 13.9. The van der Waals surface area contributed by atoms with Gasteiger partial charge >= 0.3 is 0 Å². The zero-order valence-corrected chi connectivity index (χ0v) is 12.1. The van der Waals surface area contributed by atoms with Crippen LogP contribution in [0.5, 0.6) is 5.75 Å². The van der Waals surface area contributed by atoms with E-state index in [2.05, 4.69) is 27.5 Å². The third-order valence-electron chi connectivity index (χ3n) is 4.01. The fourth-order valence-electron chi connectivity index (χ4n) is 2.76. The van der Waals surface area contributed by atoms with Crippen LogP contribution in [0.2, 0.25) is 0 Å². The van der Waals surface area contributed by atoms with Crippen LogP contribution in [0.4, 0.5) is 11.6 Å². The molecule has 0 amide bonds. The average molecular weight is 264 g/mol. The van der Waals surface area contributed by atoms with E-state index >= 15 is 0 Å². The van der Waals surface area contributed by atoms with Crippen LogP contribution in [-0.2, 0) is 0 Å². The number of rotatable bonds is 5. The maximum absolute atomic E-state index is 5.40. The Kier molecular flexibility index (Phi) is 4.82. The van der Waals surface area contributed by atoms with Crippen molar-refractivity contribution >= 4 is 11.6 Å². The summed E-state index contributed by atoms with van der Waals surface area (Å²) in [5, 5.41) is 6.53. The molecule has 1 heterocycles. The van der Waals surface area contributed by atoms with Crippen molar-refractivity contribution in [1.82, 2.24) is 9.97 Å². The molecule has 1 fully saturated rings. The Bertz CT molecular complexity index is 402. The molecule has 1 aromatic rings. The van der Waals surface area contributed by atoms with Gasteiger partial charge in [-0.3, -0.25) is 0 Å². The second kappa shape index (κ2) is 6.59. The number of nitrogens with one attached hydrogen (secondary N) is 2. The number of hydrogen-bond donors (Lipinski definition) is 2. The molecule has 5 nitrogen and oxygen atoms in total. The summed E-state index contributed by atoms with van der Waals surface area (Å²) in [7, 11) is 3.49. The predicted molar refractivity (Wildman–Crippen MR) is 77.8 cm³/mol. The fourth-order valence-corrected chi connectivity index (χ4v) is 2.76. The SMILES string of the molecule is CCC1CCC(Nc2ncnc(NC)c2OC)CC1. The number of hydrogen-bond acceptors (Lipinski definition) is 5. The van der Waals surface area contributed by atoms with E-state index in [0.29, 0.717) is 11.8 Å². The lowest BCUT2D eigenvalue weighted by Crippen LogP contribution is -2.26. The van der Waals surface area contributed by atoms with Gasteiger partial charge in [0.2, 0.25) is 5.75 Å². The molecule has 1 aliphatic carbocycles. The van der Waals surface area contributed by atoms with Crippen molar-refractivity contribution in [3.8, 4) is 5.75 Å². The molecule has 2 rings (SSSR count). The van der Waals surface area contributed by atoms with E-state index in [1.165, 1.54) is 32.1 Å². The minimum atomic E-state index is 0.497. The summed E-state index contributed by atoms with van der Waals surface area (Å²) in [5.74, 6) is 3.12. The van der Waals surface area contributed by atoms with Crippen LogP contribution < -0.4 is 15.4 Å². The molecule has 19 heavy (non-hydrogen) atoms. The summed E-state index contributed by atoms with van der Waals surface area (Å²) in [5.41, 5.74) is 0. The van der Waals surface area contributed by atoms with Crippen LogP contribution in [0.25, 0.3) is 0 Å². The quantitative estimate of drug-likeness (QED) is 0.856. The molecular weight excluding hydrogens is 240 g/mol. The Morgan fingerprint density at radius 2 is 1.89 bits per heavy atom. The number of ether oxygens (including phenoxy) is 1. The van der Waals surface area contributed by atoms with E-state index in [4.69, 9.17) is 4.74 Å². The second-order valence-corrected chi connectivity index (χ2v) is 5.12. The molecule has 0 unspecified atom stereocenters. The minimum absolute atomic E-state index is 0.497. The summed E-state index contributed by atoms with van der Waals surface area (Å²) in [6.45, 7) is 2.28. The average Bonchev–Trinajstić information content (AvgIpc) is 2.47. The Morgan fingerprint density at radius 3 is 2.47 bits per heavy atom. The zero-order valence-electron chi connectivity index (χ0n) is 12.1. The fraction of sp³-hybridized carbons (Fsp3) is 0.714. The molecule has 5 heteroatoms. The zero-order chi connectivity index (χ0) is 13.7. The molecule has 106 valence electrons. The van der Waals surface area contributed by atoms with Crippen molar-refractivity contribution in [2.45, 2.75) is 45.1 Å². The van der Waals surface area contributed by atoms with Crippen LogP contribution in [0.15, 0.2) is 6.33 Å². The smallest absolute Gasteiger partial charge is 0.204 e. The van der Waals surface area contributed by atoms with E-state index in [1.807, 2.05) is 7.05 Å². The van der Waals surface area contributed by atoms with E-state index in [9.17, 15) is 0 Å². The van der Waals surface area contributed by atoms with E-state index in [1.54, 1.807) is 13.4 Å². The van der Waals surface area contributed by atoms with Crippen molar-refractivity contribution in [3.05, 3.63) is 6.33 Å². The Labute approximate surface area is 115 Å². The first-order valence-corrected chi connectivity index (χ1v) is 7.11. The third kappa shape index (κ3) is 3.28. The molecule has 1 aromatic heterocycles. The van der Waals surface area contributed by atoms with Crippen LogP contribution in [-0.4, -0.2) is 30.2 Å². The minimum Gasteiger partial charge on any atom is -0.490 e. The number of nitrogens with zero attached hydrogens (tertiary/aromatic N) is 2. The van der Waals surface area contributed by atoms with Gasteiger partial charge in [0.05, 0.1) is 7.11 Å². The van der Waals surface area contributed by atoms with Gasteiger partial charge in [0, 0.05) is 13.1 Å². The topological polar surface area (TPSA) is 59.1 Å². The number of aromatic nitrogens is 2. The van der Waals surface area contributed by atoms with Crippen LogP contribution >= 0.6 is 0 Å². The van der Waals surface area contributed by atoms with Gasteiger partial charge in [-0.15, -0.1) is 0 Å². The first-order valence-electron chi connectivity index (χ1n) is 7.11. The van der Waals surface area contributed by atoms with Crippen molar-refractivity contribution in [3.63, 3.8) is 0 Å². The molecule has 0 spiro atoms. The van der Waals surface area contributed by atoms with Crippen LogP contribution in [0.3, 0.4) is 0 Å². The van der Waals surface area contributed by atoms with E-state index in [0.717, 1.165) is 17.6 Å². The van der Waals surface area contributed by atoms with Gasteiger partial charge in [0.1, 0.15) is 6.33 Å². The molecular formula is C14H24N4O. The van der Waals surface area contributed by atoms with Crippen molar-refractivity contribution in [2.24, 2.45) is 5.92 Å². The lowest BCUT2D eigenvalue weighted by atomic mass is 9.84. The van der Waals surface area contributed by atoms with E-state index < -0.39 is 0 Å². The van der Waals surface area contributed by atoms with E-state index in [-0.39, 0.29) is 0 Å². The van der Waals surface area contributed by atoms with Crippen molar-refractivity contribution in [2.75, 3.05) is 24.8 Å². The van der Waals surface area contributed by atoms with Gasteiger partial charge in [0.25, 0.3) is 0 Å². The molecule has 1 aliphatic rings. The summed E-state index contributed by atoms with van der Waals surface area (Å²) in [6.07, 6.45) is 7.89. The maximum Gasteiger partial charge on any atom is 0.204 e. The molecule has 0 atom stereocenters. The van der Waals surface area contributed by atoms with Gasteiger partial charge in [-0.05, 0) is 31.6 Å². The lowest BCUT2D eigenvalue weighted by Gasteiger charge is -2.29. The summed E-state index contributed by atoms with van der Waals surface area (Å²) in [6, 6.07) is 0.497. The summed E-state index contributed by atoms with van der Waals surface area (Å²) >= 11 is 0. The third-order valence-corrected chi connectivity index (χ3v) is 4.01. The molecule has 0 saturated heterocycles. The van der Waals surface area contributed by atoms with Gasteiger partial charge in [0.15, 0.2) is 11.6 Å². The van der Waals surface area contributed by atoms with Gasteiger partial charge in [-0.25, -0.2) is 9.97 Å². The maximum atomic E-state index is 5.40.